The zero-order valence-electron chi connectivity index (χ0n) is 13.0. The van der Waals surface area contributed by atoms with Gasteiger partial charge in [0, 0.05) is 36.4 Å². The average Bonchev–Trinajstić information content (AvgIpc) is 3.02. The van der Waals surface area contributed by atoms with Crippen molar-refractivity contribution in [2.75, 3.05) is 0 Å². The van der Waals surface area contributed by atoms with Gasteiger partial charge in [-0.25, -0.2) is 4.98 Å². The summed E-state index contributed by atoms with van der Waals surface area (Å²) in [6, 6.07) is 0.278. The maximum atomic E-state index is 4.54. The van der Waals surface area contributed by atoms with E-state index >= 15 is 0 Å². The third kappa shape index (κ3) is 3.46. The van der Waals surface area contributed by atoms with Crippen LogP contribution < -0.4 is 5.32 Å². The highest BCUT2D eigenvalue weighted by Gasteiger charge is 2.14. The fourth-order valence-corrected chi connectivity index (χ4v) is 3.10. The van der Waals surface area contributed by atoms with E-state index in [1.807, 2.05) is 17.9 Å². The molecule has 1 atom stereocenters. The maximum absolute atomic E-state index is 4.54. The van der Waals surface area contributed by atoms with Crippen molar-refractivity contribution in [3.8, 4) is 0 Å². The van der Waals surface area contributed by atoms with Crippen molar-refractivity contribution >= 4 is 11.3 Å². The van der Waals surface area contributed by atoms with E-state index in [0.717, 1.165) is 18.0 Å². The Morgan fingerprint density at radius 1 is 1.35 bits per heavy atom. The second kappa shape index (κ2) is 6.50. The molecule has 0 amide bonds. The molecule has 0 saturated carbocycles. The predicted octanol–water partition coefficient (Wildman–Crippen LogP) is 3.41. The van der Waals surface area contributed by atoms with Crippen LogP contribution >= 0.6 is 11.3 Å². The smallest absolute Gasteiger partial charge is 0.109 e. The van der Waals surface area contributed by atoms with Gasteiger partial charge < -0.3 is 5.32 Å². The molecule has 0 fully saturated rings. The molecular weight excluding hydrogens is 268 g/mol. The molecule has 2 aromatic rings. The van der Waals surface area contributed by atoms with Gasteiger partial charge in [-0.2, -0.15) is 5.10 Å². The van der Waals surface area contributed by atoms with Crippen molar-refractivity contribution in [2.24, 2.45) is 7.05 Å². The molecule has 0 bridgehead atoms. The summed E-state index contributed by atoms with van der Waals surface area (Å²) >= 11 is 1.80. The number of hydrogen-bond acceptors (Lipinski definition) is 4. The molecule has 0 aromatic carbocycles. The molecule has 1 N–H and O–H groups in total. The molecule has 0 radical (unpaired) electrons. The van der Waals surface area contributed by atoms with Gasteiger partial charge in [0.1, 0.15) is 5.01 Å². The molecule has 0 aliphatic heterocycles. The molecule has 2 heterocycles. The van der Waals surface area contributed by atoms with Gasteiger partial charge in [-0.1, -0.05) is 20.8 Å². The van der Waals surface area contributed by atoms with Crippen LogP contribution in [-0.2, 0) is 20.0 Å². The van der Waals surface area contributed by atoms with E-state index in [1.165, 1.54) is 16.1 Å². The lowest BCUT2D eigenvalue weighted by Crippen LogP contribution is -2.18. The standard InChI is InChI=1S/C15H24N4S/c1-6-13-8-17-15(20-13)11(4)16-7-12-9-19(5)18-14(12)10(2)3/h8-11,16H,6-7H2,1-5H3. The molecule has 4 nitrogen and oxygen atoms in total. The summed E-state index contributed by atoms with van der Waals surface area (Å²) in [5.74, 6) is 0.454. The lowest BCUT2D eigenvalue weighted by molar-refractivity contribution is 0.567. The Balaban J connectivity index is 2.01. The average molecular weight is 292 g/mol. The molecule has 2 aromatic heterocycles. The van der Waals surface area contributed by atoms with E-state index in [1.54, 1.807) is 11.3 Å². The van der Waals surface area contributed by atoms with Crippen molar-refractivity contribution in [1.29, 1.82) is 0 Å². The minimum atomic E-state index is 0.278. The fraction of sp³-hybridized carbons (Fsp3) is 0.600. The third-order valence-corrected chi connectivity index (χ3v) is 4.70. The Labute approximate surface area is 125 Å². The molecule has 20 heavy (non-hydrogen) atoms. The molecule has 0 spiro atoms. The zero-order valence-corrected chi connectivity index (χ0v) is 13.8. The minimum absolute atomic E-state index is 0.278. The van der Waals surface area contributed by atoms with Crippen LogP contribution in [0.4, 0.5) is 0 Å². The molecule has 0 aliphatic carbocycles. The second-order valence-electron chi connectivity index (χ2n) is 5.49. The molecule has 5 heteroatoms. The number of hydrogen-bond donors (Lipinski definition) is 1. The van der Waals surface area contributed by atoms with Crippen molar-refractivity contribution in [2.45, 2.75) is 52.6 Å². The number of nitrogens with one attached hydrogen (secondary N) is 1. The molecule has 0 saturated heterocycles. The van der Waals surface area contributed by atoms with Crippen LogP contribution in [0, 0.1) is 0 Å². The van der Waals surface area contributed by atoms with E-state index in [4.69, 9.17) is 0 Å². The molecule has 2 rings (SSSR count). The van der Waals surface area contributed by atoms with Gasteiger partial charge in [0.2, 0.25) is 0 Å². The summed E-state index contributed by atoms with van der Waals surface area (Å²) in [4.78, 5) is 5.84. The zero-order chi connectivity index (χ0) is 14.7. The highest BCUT2D eigenvalue weighted by molar-refractivity contribution is 7.11. The Kier molecular flexibility index (Phi) is 4.94. The fourth-order valence-electron chi connectivity index (χ4n) is 2.21. The predicted molar refractivity (Wildman–Crippen MR) is 84.0 cm³/mol. The first-order valence-corrected chi connectivity index (χ1v) is 8.03. The van der Waals surface area contributed by atoms with E-state index < -0.39 is 0 Å². The van der Waals surface area contributed by atoms with Gasteiger partial charge in [-0.15, -0.1) is 11.3 Å². The van der Waals surface area contributed by atoms with Crippen molar-refractivity contribution in [1.82, 2.24) is 20.1 Å². The monoisotopic (exact) mass is 292 g/mol. The SMILES string of the molecule is CCc1cnc(C(C)NCc2cn(C)nc2C(C)C)s1. The van der Waals surface area contributed by atoms with Gasteiger partial charge in [0.05, 0.1) is 11.7 Å². The van der Waals surface area contributed by atoms with Crippen molar-refractivity contribution < 1.29 is 0 Å². The number of aromatic nitrogens is 3. The van der Waals surface area contributed by atoms with Crippen LogP contribution in [0.5, 0.6) is 0 Å². The first-order chi connectivity index (χ1) is 9.51. The summed E-state index contributed by atoms with van der Waals surface area (Å²) < 4.78 is 1.90. The Morgan fingerprint density at radius 3 is 2.70 bits per heavy atom. The maximum Gasteiger partial charge on any atom is 0.109 e. The first kappa shape index (κ1) is 15.2. The minimum Gasteiger partial charge on any atom is -0.304 e. The highest BCUT2D eigenvalue weighted by Crippen LogP contribution is 2.22. The van der Waals surface area contributed by atoms with Crippen LogP contribution in [-0.4, -0.2) is 14.8 Å². The number of thiazole rings is 1. The summed E-state index contributed by atoms with van der Waals surface area (Å²) in [5.41, 5.74) is 2.46. The Bertz CT molecular complexity index is 556. The third-order valence-electron chi connectivity index (χ3n) is 3.37. The second-order valence-corrected chi connectivity index (χ2v) is 6.64. The number of aryl methyl sites for hydroxylation is 2. The summed E-state index contributed by atoms with van der Waals surface area (Å²) in [5, 5.41) is 9.26. The lowest BCUT2D eigenvalue weighted by atomic mass is 10.1. The molecular formula is C15H24N4S. The number of rotatable bonds is 6. The molecule has 0 aliphatic rings. The van der Waals surface area contributed by atoms with Gasteiger partial charge >= 0.3 is 0 Å². The van der Waals surface area contributed by atoms with Crippen LogP contribution in [0.2, 0.25) is 0 Å². The van der Waals surface area contributed by atoms with Crippen molar-refractivity contribution in [3.05, 3.63) is 33.5 Å². The quantitative estimate of drug-likeness (QED) is 0.887. The van der Waals surface area contributed by atoms with Crippen LogP contribution in [0.25, 0.3) is 0 Å². The normalized spacial score (nSPS) is 13.1. The molecule has 1 unspecified atom stereocenters. The van der Waals surface area contributed by atoms with Gasteiger partial charge in [-0.05, 0) is 19.3 Å². The first-order valence-electron chi connectivity index (χ1n) is 7.21. The van der Waals surface area contributed by atoms with Gasteiger partial charge in [0.25, 0.3) is 0 Å². The number of nitrogens with zero attached hydrogens (tertiary/aromatic N) is 3. The Hall–Kier alpha value is -1.20. The van der Waals surface area contributed by atoms with E-state index in [2.05, 4.69) is 49.3 Å². The summed E-state index contributed by atoms with van der Waals surface area (Å²) in [6.07, 6.45) is 5.15. The van der Waals surface area contributed by atoms with E-state index in [9.17, 15) is 0 Å². The van der Waals surface area contributed by atoms with E-state index in [0.29, 0.717) is 5.92 Å². The summed E-state index contributed by atoms with van der Waals surface area (Å²) in [6.45, 7) is 9.54. The Morgan fingerprint density at radius 2 is 2.10 bits per heavy atom. The van der Waals surface area contributed by atoms with Gasteiger partial charge in [0.15, 0.2) is 0 Å². The largest absolute Gasteiger partial charge is 0.304 e. The van der Waals surface area contributed by atoms with E-state index in [-0.39, 0.29) is 6.04 Å². The van der Waals surface area contributed by atoms with Crippen LogP contribution in [0.1, 0.15) is 60.8 Å². The van der Waals surface area contributed by atoms with Gasteiger partial charge in [-0.3, -0.25) is 4.68 Å². The summed E-state index contributed by atoms with van der Waals surface area (Å²) in [7, 11) is 1.98. The highest BCUT2D eigenvalue weighted by atomic mass is 32.1. The van der Waals surface area contributed by atoms with Crippen LogP contribution in [0.15, 0.2) is 12.4 Å². The topological polar surface area (TPSA) is 42.7 Å². The lowest BCUT2D eigenvalue weighted by Gasteiger charge is -2.11. The molecule has 110 valence electrons. The van der Waals surface area contributed by atoms with Crippen molar-refractivity contribution in [3.63, 3.8) is 0 Å². The van der Waals surface area contributed by atoms with Crippen LogP contribution in [0.3, 0.4) is 0 Å².